The van der Waals surface area contributed by atoms with E-state index in [1.165, 1.54) is 16.7 Å². The van der Waals surface area contributed by atoms with Gasteiger partial charge in [-0.2, -0.15) is 9.67 Å². The molecule has 0 saturated carbocycles. The van der Waals surface area contributed by atoms with Gasteiger partial charge in [-0.05, 0) is 24.3 Å². The number of nitrogen functional groups attached to an aromatic ring is 1. The van der Waals surface area contributed by atoms with Crippen LogP contribution in [0.15, 0.2) is 36.7 Å². The molecule has 0 spiro atoms. The van der Waals surface area contributed by atoms with Crippen molar-refractivity contribution < 1.29 is 9.47 Å². The van der Waals surface area contributed by atoms with Gasteiger partial charge in [0.25, 0.3) is 0 Å². The monoisotopic (exact) mass is 423 g/mol. The van der Waals surface area contributed by atoms with Crippen LogP contribution in [0.4, 0.5) is 29.1 Å². The average molecular weight is 423 g/mol. The van der Waals surface area contributed by atoms with Gasteiger partial charge in [0.1, 0.15) is 12.1 Å². The smallest absolute Gasteiger partial charge is 0.248 e. The maximum atomic E-state index is 6.11. The van der Waals surface area contributed by atoms with Crippen molar-refractivity contribution in [3.05, 3.63) is 36.7 Å². The van der Waals surface area contributed by atoms with Crippen molar-refractivity contribution in [3.63, 3.8) is 0 Å². The summed E-state index contributed by atoms with van der Waals surface area (Å²) in [6.45, 7) is 6.27. The van der Waals surface area contributed by atoms with Gasteiger partial charge in [0.15, 0.2) is 5.82 Å². The molecule has 4 heterocycles. The van der Waals surface area contributed by atoms with E-state index in [9.17, 15) is 0 Å². The van der Waals surface area contributed by atoms with E-state index in [1.54, 1.807) is 0 Å². The molecule has 0 bridgehead atoms. The summed E-state index contributed by atoms with van der Waals surface area (Å²) in [5.74, 6) is 2.04. The number of morpholine rings is 2. The molecule has 5 rings (SSSR count). The zero-order chi connectivity index (χ0) is 21.0. The van der Waals surface area contributed by atoms with E-state index < -0.39 is 0 Å². The lowest BCUT2D eigenvalue weighted by molar-refractivity contribution is 0.122. The van der Waals surface area contributed by atoms with E-state index in [0.29, 0.717) is 25.0 Å². The van der Waals surface area contributed by atoms with Gasteiger partial charge in [0.2, 0.25) is 11.9 Å². The van der Waals surface area contributed by atoms with Crippen LogP contribution < -0.4 is 20.9 Å². The number of hydrogen-bond donors (Lipinski definition) is 2. The number of benzene rings is 1. The number of rotatable bonds is 5. The fourth-order valence-electron chi connectivity index (χ4n) is 3.67. The number of ether oxygens (including phenoxy) is 2. The lowest BCUT2D eigenvalue weighted by Gasteiger charge is -2.28. The molecule has 0 amide bonds. The Morgan fingerprint density at radius 2 is 1.48 bits per heavy atom. The summed E-state index contributed by atoms with van der Waals surface area (Å²) >= 11 is 0. The number of nitrogens with zero attached hydrogens (tertiary/aromatic N) is 7. The van der Waals surface area contributed by atoms with Gasteiger partial charge in [-0.3, -0.25) is 0 Å². The molecule has 2 aliphatic heterocycles. The number of nitrogens with two attached hydrogens (primary N) is 1. The molecule has 11 heteroatoms. The molecule has 0 atom stereocenters. The predicted molar refractivity (Wildman–Crippen MR) is 117 cm³/mol. The minimum atomic E-state index is 0.249. The van der Waals surface area contributed by atoms with Crippen LogP contribution in [0.1, 0.15) is 0 Å². The molecule has 2 aromatic heterocycles. The van der Waals surface area contributed by atoms with Crippen LogP contribution in [0.5, 0.6) is 0 Å². The van der Waals surface area contributed by atoms with Gasteiger partial charge in [-0.25, -0.2) is 9.97 Å². The first kappa shape index (κ1) is 19.5. The van der Waals surface area contributed by atoms with Crippen molar-refractivity contribution in [2.24, 2.45) is 0 Å². The highest BCUT2D eigenvalue weighted by Crippen LogP contribution is 2.22. The van der Waals surface area contributed by atoms with Crippen LogP contribution in [0, 0.1) is 0 Å². The van der Waals surface area contributed by atoms with Crippen LogP contribution in [0.3, 0.4) is 0 Å². The van der Waals surface area contributed by atoms with Crippen molar-refractivity contribution >= 4 is 29.1 Å². The second-order valence-electron chi connectivity index (χ2n) is 7.31. The van der Waals surface area contributed by atoms with Gasteiger partial charge >= 0.3 is 0 Å². The highest BCUT2D eigenvalue weighted by atomic mass is 16.5. The van der Waals surface area contributed by atoms with Crippen molar-refractivity contribution in [1.29, 1.82) is 0 Å². The molecular weight excluding hydrogens is 398 g/mol. The maximum absolute atomic E-state index is 6.11. The molecule has 31 heavy (non-hydrogen) atoms. The minimum Gasteiger partial charge on any atom is -0.378 e. The molecule has 0 aliphatic carbocycles. The Kier molecular flexibility index (Phi) is 5.50. The molecular formula is C20H25N9O2. The number of aromatic nitrogens is 5. The van der Waals surface area contributed by atoms with E-state index in [-0.39, 0.29) is 5.95 Å². The molecule has 0 unspecified atom stereocenters. The number of nitrogens with one attached hydrogen (secondary N) is 1. The predicted octanol–water partition coefficient (Wildman–Crippen LogP) is 1.06. The first-order valence-corrected chi connectivity index (χ1v) is 10.3. The van der Waals surface area contributed by atoms with Crippen LogP contribution >= 0.6 is 0 Å². The van der Waals surface area contributed by atoms with Gasteiger partial charge in [0, 0.05) is 43.6 Å². The first-order valence-electron chi connectivity index (χ1n) is 10.3. The minimum absolute atomic E-state index is 0.249. The molecule has 3 N–H and O–H groups in total. The summed E-state index contributed by atoms with van der Waals surface area (Å²) in [4.78, 5) is 17.5. The lowest BCUT2D eigenvalue weighted by atomic mass is 10.2. The van der Waals surface area contributed by atoms with Crippen molar-refractivity contribution in [2.45, 2.75) is 0 Å². The van der Waals surface area contributed by atoms with Crippen molar-refractivity contribution in [2.75, 3.05) is 73.5 Å². The fourth-order valence-corrected chi connectivity index (χ4v) is 3.67. The third-order valence-corrected chi connectivity index (χ3v) is 5.32. The Bertz CT molecular complexity index is 1010. The number of hydrogen-bond acceptors (Lipinski definition) is 10. The molecule has 1 aromatic carbocycles. The quantitative estimate of drug-likeness (QED) is 0.616. The second kappa shape index (κ2) is 8.74. The second-order valence-corrected chi connectivity index (χ2v) is 7.31. The first-order chi connectivity index (χ1) is 15.3. The third-order valence-electron chi connectivity index (χ3n) is 5.32. The Hall–Kier alpha value is -3.44. The van der Waals surface area contributed by atoms with Crippen LogP contribution in [0.2, 0.25) is 0 Å². The zero-order valence-electron chi connectivity index (χ0n) is 17.1. The molecule has 2 fully saturated rings. The fraction of sp³-hybridized carbons (Fsp3) is 0.400. The SMILES string of the molecule is Nc1nc(Nc2ccc(N3CCOCC3)cc2)nn1-c1cc(N2CCOCC2)ncn1. The number of anilines is 5. The topological polar surface area (TPSA) is 119 Å². The van der Waals surface area contributed by atoms with Crippen molar-refractivity contribution in [1.82, 2.24) is 24.7 Å². The molecule has 11 nitrogen and oxygen atoms in total. The molecule has 0 radical (unpaired) electrons. The van der Waals surface area contributed by atoms with Gasteiger partial charge in [0.05, 0.1) is 26.4 Å². The normalized spacial score (nSPS) is 17.0. The van der Waals surface area contributed by atoms with E-state index in [4.69, 9.17) is 15.2 Å². The molecule has 162 valence electrons. The summed E-state index contributed by atoms with van der Waals surface area (Å²) in [5.41, 5.74) is 8.16. The summed E-state index contributed by atoms with van der Waals surface area (Å²) in [6, 6.07) is 10.0. The standard InChI is InChI=1S/C20H25N9O2/c21-19-25-20(24-15-1-3-16(4-2-15)27-5-9-30-10-6-27)26-29(19)18-13-17(22-14-23-18)28-7-11-31-12-8-28/h1-4,13-14H,5-12H2,(H3,21,24,25,26). The van der Waals surface area contributed by atoms with E-state index >= 15 is 0 Å². The lowest BCUT2D eigenvalue weighted by Crippen LogP contribution is -2.36. The van der Waals surface area contributed by atoms with Gasteiger partial charge in [-0.1, -0.05) is 0 Å². The Balaban J connectivity index is 1.30. The highest BCUT2D eigenvalue weighted by Gasteiger charge is 2.16. The van der Waals surface area contributed by atoms with Gasteiger partial charge in [-0.15, -0.1) is 5.10 Å². The van der Waals surface area contributed by atoms with Crippen LogP contribution in [-0.2, 0) is 9.47 Å². The zero-order valence-corrected chi connectivity index (χ0v) is 17.1. The summed E-state index contributed by atoms with van der Waals surface area (Å²) < 4.78 is 12.3. The third kappa shape index (κ3) is 4.37. The summed E-state index contributed by atoms with van der Waals surface area (Å²) in [5, 5.41) is 7.69. The maximum Gasteiger partial charge on any atom is 0.248 e. The van der Waals surface area contributed by atoms with E-state index in [2.05, 4.69) is 47.3 Å². The molecule has 2 saturated heterocycles. The highest BCUT2D eigenvalue weighted by molar-refractivity contribution is 5.60. The molecule has 2 aliphatic rings. The van der Waals surface area contributed by atoms with Crippen LogP contribution in [0.25, 0.3) is 5.82 Å². The Morgan fingerprint density at radius 1 is 0.839 bits per heavy atom. The summed E-state index contributed by atoms with van der Waals surface area (Å²) in [6.07, 6.45) is 1.51. The Morgan fingerprint density at radius 3 is 2.19 bits per heavy atom. The van der Waals surface area contributed by atoms with E-state index in [0.717, 1.165) is 50.9 Å². The van der Waals surface area contributed by atoms with Gasteiger partial charge < -0.3 is 30.3 Å². The van der Waals surface area contributed by atoms with Crippen molar-refractivity contribution in [3.8, 4) is 5.82 Å². The summed E-state index contributed by atoms with van der Waals surface area (Å²) in [7, 11) is 0. The van der Waals surface area contributed by atoms with Crippen LogP contribution in [-0.4, -0.2) is 77.3 Å². The Labute approximate surface area is 179 Å². The largest absolute Gasteiger partial charge is 0.378 e. The average Bonchev–Trinajstić information content (AvgIpc) is 3.20. The molecule has 3 aromatic rings. The van der Waals surface area contributed by atoms with E-state index in [1.807, 2.05) is 18.2 Å².